The lowest BCUT2D eigenvalue weighted by atomic mass is 10.1. The van der Waals surface area contributed by atoms with Crippen LogP contribution in [0, 0.1) is 10.1 Å². The molecule has 1 N–H and O–H groups in total. The number of benzene rings is 2. The van der Waals surface area contributed by atoms with Crippen molar-refractivity contribution in [3.8, 4) is 17.2 Å². The smallest absolute Gasteiger partial charge is 0.293 e. The van der Waals surface area contributed by atoms with Crippen LogP contribution in [0.25, 0.3) is 0 Å². The number of carbonyl (C=O) groups is 1. The summed E-state index contributed by atoms with van der Waals surface area (Å²) < 4.78 is 15.7. The lowest BCUT2D eigenvalue weighted by Gasteiger charge is -2.13. The average Bonchev–Trinajstić information content (AvgIpc) is 2.71. The highest BCUT2D eigenvalue weighted by Crippen LogP contribution is 2.38. The van der Waals surface area contributed by atoms with Crippen molar-refractivity contribution in [1.82, 2.24) is 5.43 Å². The zero-order valence-electron chi connectivity index (χ0n) is 16.8. The summed E-state index contributed by atoms with van der Waals surface area (Å²) in [5.41, 5.74) is 3.48. The molecule has 0 aliphatic carbocycles. The molecule has 29 heavy (non-hydrogen) atoms. The van der Waals surface area contributed by atoms with E-state index in [4.69, 9.17) is 14.2 Å². The molecule has 2 aromatic rings. The number of nitrogens with one attached hydrogen (secondary N) is 1. The molecule has 0 radical (unpaired) electrons. The van der Waals surface area contributed by atoms with Crippen LogP contribution in [0.2, 0.25) is 0 Å². The van der Waals surface area contributed by atoms with Gasteiger partial charge in [-0.05, 0) is 18.2 Å². The molecule has 0 aliphatic heterocycles. The van der Waals surface area contributed by atoms with Gasteiger partial charge in [0.15, 0.2) is 11.5 Å². The number of nitrogens with zero attached hydrogens (tertiary/aromatic N) is 3. The number of amides is 1. The third-order valence-corrected chi connectivity index (χ3v) is 3.98. The van der Waals surface area contributed by atoms with Crippen molar-refractivity contribution in [2.45, 2.75) is 0 Å². The predicted molar refractivity (Wildman–Crippen MR) is 109 cm³/mol. The van der Waals surface area contributed by atoms with E-state index >= 15 is 0 Å². The molecule has 0 fully saturated rings. The third-order valence-electron chi connectivity index (χ3n) is 3.98. The summed E-state index contributed by atoms with van der Waals surface area (Å²) in [5.74, 6) is 0.509. The first kappa shape index (κ1) is 21.5. The minimum Gasteiger partial charge on any atom is -0.493 e. The lowest BCUT2D eigenvalue weighted by Crippen LogP contribution is -2.18. The molecular formula is C19H22N4O6. The van der Waals surface area contributed by atoms with Crippen LogP contribution in [0.4, 0.5) is 11.4 Å². The van der Waals surface area contributed by atoms with Crippen LogP contribution in [0.1, 0.15) is 15.9 Å². The van der Waals surface area contributed by atoms with Crippen LogP contribution >= 0.6 is 0 Å². The maximum Gasteiger partial charge on any atom is 0.293 e. The maximum atomic E-state index is 12.4. The van der Waals surface area contributed by atoms with Gasteiger partial charge in [0.1, 0.15) is 5.69 Å². The largest absolute Gasteiger partial charge is 0.493 e. The quantitative estimate of drug-likeness (QED) is 0.410. The minimum atomic E-state index is -0.514. The first-order chi connectivity index (χ1) is 13.8. The van der Waals surface area contributed by atoms with Gasteiger partial charge in [0, 0.05) is 31.3 Å². The fourth-order valence-corrected chi connectivity index (χ4v) is 2.59. The summed E-state index contributed by atoms with van der Waals surface area (Å²) >= 11 is 0. The van der Waals surface area contributed by atoms with Crippen LogP contribution in [0.3, 0.4) is 0 Å². The number of anilines is 1. The number of hydrazone groups is 1. The van der Waals surface area contributed by atoms with Gasteiger partial charge in [-0.25, -0.2) is 5.43 Å². The Morgan fingerprint density at radius 1 is 1.10 bits per heavy atom. The van der Waals surface area contributed by atoms with Gasteiger partial charge in [-0.3, -0.25) is 14.9 Å². The van der Waals surface area contributed by atoms with E-state index in [-0.39, 0.29) is 11.3 Å². The van der Waals surface area contributed by atoms with Crippen molar-refractivity contribution in [3.05, 3.63) is 51.6 Å². The molecule has 0 aromatic heterocycles. The molecule has 0 spiro atoms. The second-order valence-electron chi connectivity index (χ2n) is 6.01. The number of methoxy groups -OCH3 is 3. The molecular weight excluding hydrogens is 380 g/mol. The Labute approximate surface area is 167 Å². The molecule has 0 unspecified atom stereocenters. The van der Waals surface area contributed by atoms with Gasteiger partial charge in [-0.15, -0.1) is 0 Å². The molecule has 10 heteroatoms. The van der Waals surface area contributed by atoms with E-state index in [1.807, 2.05) is 0 Å². The molecule has 0 aliphatic rings. The van der Waals surface area contributed by atoms with E-state index in [9.17, 15) is 14.9 Å². The van der Waals surface area contributed by atoms with Gasteiger partial charge in [0.2, 0.25) is 5.75 Å². The highest BCUT2D eigenvalue weighted by molar-refractivity contribution is 5.96. The zero-order valence-corrected chi connectivity index (χ0v) is 16.8. The number of carbonyl (C=O) groups excluding carboxylic acids is 1. The summed E-state index contributed by atoms with van der Waals surface area (Å²) in [6, 6.07) is 7.63. The maximum absolute atomic E-state index is 12.4. The average molecular weight is 402 g/mol. The second-order valence-corrected chi connectivity index (χ2v) is 6.01. The van der Waals surface area contributed by atoms with E-state index in [1.54, 1.807) is 31.1 Å². The summed E-state index contributed by atoms with van der Waals surface area (Å²) in [4.78, 5) is 24.8. The summed E-state index contributed by atoms with van der Waals surface area (Å²) in [6.07, 6.45) is 1.32. The van der Waals surface area contributed by atoms with Crippen LogP contribution < -0.4 is 24.5 Å². The van der Waals surface area contributed by atoms with Gasteiger partial charge in [0.25, 0.3) is 11.6 Å². The van der Waals surface area contributed by atoms with Crippen molar-refractivity contribution < 1.29 is 23.9 Å². The Morgan fingerprint density at radius 3 is 2.21 bits per heavy atom. The van der Waals surface area contributed by atoms with Crippen molar-refractivity contribution in [2.75, 3.05) is 40.3 Å². The van der Waals surface area contributed by atoms with Crippen LogP contribution in [-0.2, 0) is 0 Å². The van der Waals surface area contributed by atoms with Gasteiger partial charge in [-0.2, -0.15) is 5.10 Å². The molecule has 10 nitrogen and oxygen atoms in total. The molecule has 0 heterocycles. The Kier molecular flexibility index (Phi) is 6.96. The minimum absolute atomic E-state index is 0.0603. The number of rotatable bonds is 8. The first-order valence-corrected chi connectivity index (χ1v) is 8.41. The monoisotopic (exact) mass is 402 g/mol. The van der Waals surface area contributed by atoms with E-state index in [0.29, 0.717) is 28.5 Å². The van der Waals surface area contributed by atoms with Crippen molar-refractivity contribution >= 4 is 23.5 Å². The molecule has 0 saturated heterocycles. The van der Waals surface area contributed by atoms with Crippen LogP contribution in [0.5, 0.6) is 17.2 Å². The standard InChI is InChI=1S/C19H22N4O6/c1-22(2)14-7-6-12(8-15(14)23(25)26)11-20-21-19(24)13-9-16(27-3)18(29-5)17(10-13)28-4/h6-11H,1-5H3,(H,21,24)/b20-11-. The fraction of sp³-hybridized carbons (Fsp3) is 0.263. The number of nitro groups is 1. The second kappa shape index (κ2) is 9.40. The Bertz CT molecular complexity index is 917. The molecule has 0 saturated carbocycles. The number of nitro benzene ring substituents is 1. The number of hydrogen-bond acceptors (Lipinski definition) is 8. The van der Waals surface area contributed by atoms with E-state index in [0.717, 1.165) is 0 Å². The Balaban J connectivity index is 2.22. The summed E-state index contributed by atoms with van der Waals surface area (Å²) in [7, 11) is 7.79. The third kappa shape index (κ3) is 4.92. The van der Waals surface area contributed by atoms with E-state index in [2.05, 4.69) is 10.5 Å². The first-order valence-electron chi connectivity index (χ1n) is 8.41. The van der Waals surface area contributed by atoms with Crippen molar-refractivity contribution in [2.24, 2.45) is 5.10 Å². The molecule has 1 amide bonds. The van der Waals surface area contributed by atoms with Gasteiger partial charge in [0.05, 0.1) is 32.5 Å². The normalized spacial score (nSPS) is 10.5. The SMILES string of the molecule is COc1cc(C(=O)N/N=C\c2ccc(N(C)C)c([N+](=O)[O-])c2)cc(OC)c1OC. The topological polar surface area (TPSA) is 116 Å². The highest BCUT2D eigenvalue weighted by Gasteiger charge is 2.17. The van der Waals surface area contributed by atoms with E-state index < -0.39 is 10.8 Å². The van der Waals surface area contributed by atoms with Gasteiger partial charge >= 0.3 is 0 Å². The summed E-state index contributed by atoms with van der Waals surface area (Å²) in [6.45, 7) is 0. The Hall–Kier alpha value is -3.82. The summed E-state index contributed by atoms with van der Waals surface area (Å²) in [5, 5.41) is 15.1. The fourth-order valence-electron chi connectivity index (χ4n) is 2.59. The molecule has 2 aromatic carbocycles. The van der Waals surface area contributed by atoms with Crippen molar-refractivity contribution in [1.29, 1.82) is 0 Å². The predicted octanol–water partition coefficient (Wildman–Crippen LogP) is 2.45. The highest BCUT2D eigenvalue weighted by atomic mass is 16.6. The molecule has 0 atom stereocenters. The molecule has 2 rings (SSSR count). The molecule has 154 valence electrons. The van der Waals surface area contributed by atoms with Crippen LogP contribution in [-0.4, -0.2) is 52.5 Å². The van der Waals surface area contributed by atoms with Gasteiger partial charge in [-0.1, -0.05) is 6.07 Å². The number of hydrogen-bond donors (Lipinski definition) is 1. The zero-order chi connectivity index (χ0) is 21.6. The van der Waals surface area contributed by atoms with Crippen LogP contribution in [0.15, 0.2) is 35.4 Å². The van der Waals surface area contributed by atoms with Gasteiger partial charge < -0.3 is 19.1 Å². The number of ether oxygens (including phenoxy) is 3. The Morgan fingerprint density at radius 2 is 1.72 bits per heavy atom. The van der Waals surface area contributed by atoms with E-state index in [1.165, 1.54) is 45.7 Å². The van der Waals surface area contributed by atoms with Crippen molar-refractivity contribution in [3.63, 3.8) is 0 Å². The molecule has 0 bridgehead atoms. The lowest BCUT2D eigenvalue weighted by molar-refractivity contribution is -0.384.